The number of aromatic carboxylic acids is 1. The van der Waals surface area contributed by atoms with Crippen molar-refractivity contribution in [3.63, 3.8) is 0 Å². The highest BCUT2D eigenvalue weighted by atomic mass is 19.1. The summed E-state index contributed by atoms with van der Waals surface area (Å²) in [6.45, 7) is 1.66. The average molecular weight is 390 g/mol. The van der Waals surface area contributed by atoms with Crippen LogP contribution in [0.15, 0.2) is 11.0 Å². The van der Waals surface area contributed by atoms with Gasteiger partial charge in [0.05, 0.1) is 23.7 Å². The van der Waals surface area contributed by atoms with Gasteiger partial charge in [-0.1, -0.05) is 0 Å². The van der Waals surface area contributed by atoms with Crippen molar-refractivity contribution in [3.05, 3.63) is 27.8 Å². The summed E-state index contributed by atoms with van der Waals surface area (Å²) in [6.07, 6.45) is 3.82. The number of aromatic nitrogens is 1. The van der Waals surface area contributed by atoms with Crippen LogP contribution in [0.5, 0.6) is 5.75 Å². The molecule has 1 aromatic carbocycles. The smallest absolute Gasteiger partial charge is 0.341 e. The number of rotatable bonds is 5. The van der Waals surface area contributed by atoms with Gasteiger partial charge in [0.15, 0.2) is 11.6 Å². The molecule has 5 N–H and O–H groups in total. The molecule has 0 amide bonds. The second kappa shape index (κ2) is 6.66. The molecule has 2 aromatic rings. The normalized spacial score (nSPS) is 19.4. The van der Waals surface area contributed by atoms with E-state index in [1.807, 2.05) is 4.90 Å². The number of pyridine rings is 1. The molecule has 28 heavy (non-hydrogen) atoms. The van der Waals surface area contributed by atoms with E-state index in [9.17, 15) is 14.7 Å². The van der Waals surface area contributed by atoms with Gasteiger partial charge in [-0.15, -0.1) is 0 Å². The highest BCUT2D eigenvalue weighted by molar-refractivity contribution is 6.03. The SMILES string of the molecule is COc1c(N2CCC(CN)C2)c(F)c(N)c2c(=O)c(C(=O)O)cn(C3CC3)c12. The Labute approximate surface area is 160 Å². The van der Waals surface area contributed by atoms with E-state index in [4.69, 9.17) is 16.2 Å². The van der Waals surface area contributed by atoms with E-state index in [0.717, 1.165) is 19.3 Å². The standard InChI is InChI=1S/C19H23FN4O4/c1-28-18-15-12(17(25)11(19(26)27)8-24(15)10-2-3-10)14(22)13(20)16(18)23-5-4-9(6-21)7-23/h8-10H,2-7,21-22H2,1H3,(H,26,27). The molecule has 1 saturated heterocycles. The summed E-state index contributed by atoms with van der Waals surface area (Å²) in [5.74, 6) is -1.68. The molecule has 8 nitrogen and oxygen atoms in total. The Morgan fingerprint density at radius 1 is 1.39 bits per heavy atom. The molecule has 0 radical (unpaired) electrons. The van der Waals surface area contributed by atoms with Crippen molar-refractivity contribution >= 4 is 28.2 Å². The number of halogens is 1. The van der Waals surface area contributed by atoms with Gasteiger partial charge in [-0.25, -0.2) is 9.18 Å². The van der Waals surface area contributed by atoms with E-state index in [0.29, 0.717) is 25.2 Å². The third-order valence-electron chi connectivity index (χ3n) is 5.69. The van der Waals surface area contributed by atoms with Crippen molar-refractivity contribution in [2.75, 3.05) is 37.4 Å². The quantitative estimate of drug-likeness (QED) is 0.662. The Bertz CT molecular complexity index is 1030. The van der Waals surface area contributed by atoms with Gasteiger partial charge in [-0.3, -0.25) is 4.79 Å². The predicted octanol–water partition coefficient (Wildman–Crippen LogP) is 1.55. The topological polar surface area (TPSA) is 124 Å². The molecule has 150 valence electrons. The number of methoxy groups -OCH3 is 1. The first-order valence-corrected chi connectivity index (χ1v) is 9.31. The van der Waals surface area contributed by atoms with E-state index in [-0.39, 0.29) is 34.5 Å². The van der Waals surface area contributed by atoms with E-state index in [1.54, 1.807) is 4.57 Å². The van der Waals surface area contributed by atoms with Crippen molar-refractivity contribution in [1.82, 2.24) is 4.57 Å². The summed E-state index contributed by atoms with van der Waals surface area (Å²) in [6, 6.07) is 0.0307. The Kier molecular flexibility index (Phi) is 4.41. The zero-order valence-electron chi connectivity index (χ0n) is 15.6. The Hall–Kier alpha value is -2.81. The summed E-state index contributed by atoms with van der Waals surface area (Å²) in [5.41, 5.74) is 10.8. The van der Waals surface area contributed by atoms with Gasteiger partial charge >= 0.3 is 5.97 Å². The minimum Gasteiger partial charge on any atom is -0.492 e. The molecule has 1 unspecified atom stereocenters. The molecule has 2 heterocycles. The molecular weight excluding hydrogens is 367 g/mol. The number of nitrogens with zero attached hydrogens (tertiary/aromatic N) is 2. The zero-order valence-corrected chi connectivity index (χ0v) is 15.6. The molecule has 1 saturated carbocycles. The van der Waals surface area contributed by atoms with Crippen molar-refractivity contribution < 1.29 is 19.0 Å². The van der Waals surface area contributed by atoms with Crippen LogP contribution in [-0.2, 0) is 0 Å². The summed E-state index contributed by atoms with van der Waals surface area (Å²) >= 11 is 0. The van der Waals surface area contributed by atoms with Crippen molar-refractivity contribution in [3.8, 4) is 5.75 Å². The predicted molar refractivity (Wildman–Crippen MR) is 104 cm³/mol. The van der Waals surface area contributed by atoms with Crippen molar-refractivity contribution in [2.45, 2.75) is 25.3 Å². The molecule has 2 fully saturated rings. The number of nitrogens with two attached hydrogens (primary N) is 2. The number of carbonyl (C=O) groups is 1. The summed E-state index contributed by atoms with van der Waals surface area (Å²) in [5, 5.41) is 9.28. The van der Waals surface area contributed by atoms with Gasteiger partial charge in [-0.05, 0) is 31.7 Å². The second-order valence-electron chi connectivity index (χ2n) is 7.49. The maximum atomic E-state index is 15.3. The van der Waals surface area contributed by atoms with Crippen molar-refractivity contribution in [1.29, 1.82) is 0 Å². The van der Waals surface area contributed by atoms with E-state index < -0.39 is 22.8 Å². The second-order valence-corrected chi connectivity index (χ2v) is 7.49. The number of carboxylic acid groups (broad SMARTS) is 1. The minimum absolute atomic E-state index is 0.0307. The third-order valence-corrected chi connectivity index (χ3v) is 5.69. The monoisotopic (exact) mass is 390 g/mol. The van der Waals surface area contributed by atoms with Crippen LogP contribution >= 0.6 is 0 Å². The number of nitrogen functional groups attached to an aromatic ring is 1. The molecule has 0 bridgehead atoms. The van der Waals surface area contributed by atoms with Crippen LogP contribution in [0.4, 0.5) is 15.8 Å². The maximum Gasteiger partial charge on any atom is 0.341 e. The first-order valence-electron chi connectivity index (χ1n) is 9.31. The molecule has 9 heteroatoms. The van der Waals surface area contributed by atoms with Gasteiger partial charge in [-0.2, -0.15) is 0 Å². The van der Waals surface area contributed by atoms with Crippen LogP contribution in [0.25, 0.3) is 10.9 Å². The van der Waals surface area contributed by atoms with Gasteiger partial charge in [0.25, 0.3) is 0 Å². The fourth-order valence-electron chi connectivity index (χ4n) is 4.06. The van der Waals surface area contributed by atoms with E-state index in [2.05, 4.69) is 0 Å². The van der Waals surface area contributed by atoms with E-state index >= 15 is 4.39 Å². The number of fused-ring (bicyclic) bond motifs is 1. The largest absolute Gasteiger partial charge is 0.492 e. The van der Waals surface area contributed by atoms with Crippen LogP contribution in [0.1, 0.15) is 35.7 Å². The highest BCUT2D eigenvalue weighted by Crippen LogP contribution is 2.46. The number of ether oxygens (including phenoxy) is 1. The fraction of sp³-hybridized carbons (Fsp3) is 0.474. The van der Waals surface area contributed by atoms with E-state index in [1.165, 1.54) is 13.3 Å². The van der Waals surface area contributed by atoms with Crippen LogP contribution in [0, 0.1) is 11.7 Å². The van der Waals surface area contributed by atoms with Gasteiger partial charge in [0.2, 0.25) is 5.43 Å². The maximum absolute atomic E-state index is 15.3. The van der Waals surface area contributed by atoms with Crippen molar-refractivity contribution in [2.24, 2.45) is 11.7 Å². The van der Waals surface area contributed by atoms with Gasteiger partial charge in [0, 0.05) is 25.3 Å². The lowest BCUT2D eigenvalue weighted by molar-refractivity contribution is 0.0695. The third kappa shape index (κ3) is 2.69. The lowest BCUT2D eigenvalue weighted by Crippen LogP contribution is -2.26. The van der Waals surface area contributed by atoms with Crippen LogP contribution in [0.2, 0.25) is 0 Å². The minimum atomic E-state index is -1.37. The number of carboxylic acids is 1. The highest BCUT2D eigenvalue weighted by Gasteiger charge is 2.34. The lowest BCUT2D eigenvalue weighted by atomic mass is 10.1. The number of hydrogen-bond donors (Lipinski definition) is 3. The number of benzene rings is 1. The molecule has 4 rings (SSSR count). The van der Waals surface area contributed by atoms with Gasteiger partial charge < -0.3 is 30.8 Å². The lowest BCUT2D eigenvalue weighted by Gasteiger charge is -2.25. The summed E-state index contributed by atoms with van der Waals surface area (Å²) < 4.78 is 22.6. The molecule has 0 spiro atoms. The summed E-state index contributed by atoms with van der Waals surface area (Å²) in [7, 11) is 1.41. The number of hydrogen-bond acceptors (Lipinski definition) is 6. The van der Waals surface area contributed by atoms with Crippen LogP contribution in [-0.4, -0.2) is 42.4 Å². The molecule has 1 aliphatic heterocycles. The first-order chi connectivity index (χ1) is 13.4. The average Bonchev–Trinajstić information content (AvgIpc) is 3.41. The van der Waals surface area contributed by atoms with Gasteiger partial charge in [0.1, 0.15) is 11.3 Å². The molecule has 1 aromatic heterocycles. The Balaban J connectivity index is 2.07. The van der Waals surface area contributed by atoms with Crippen LogP contribution in [0.3, 0.4) is 0 Å². The Morgan fingerprint density at radius 3 is 2.64 bits per heavy atom. The van der Waals surface area contributed by atoms with Crippen LogP contribution < -0.4 is 26.5 Å². The zero-order chi connectivity index (χ0) is 20.2. The number of anilines is 2. The first kappa shape index (κ1) is 18.5. The Morgan fingerprint density at radius 2 is 2.11 bits per heavy atom. The summed E-state index contributed by atoms with van der Waals surface area (Å²) in [4.78, 5) is 26.2. The molecular formula is C19H23FN4O4. The fourth-order valence-corrected chi connectivity index (χ4v) is 4.06. The molecule has 2 aliphatic rings. The molecule has 1 atom stereocenters. The molecule has 1 aliphatic carbocycles.